The molecule has 0 radical (unpaired) electrons. The van der Waals surface area contributed by atoms with Crippen molar-refractivity contribution in [3.8, 4) is 5.75 Å². The molecule has 2 N–H and O–H groups in total. The summed E-state index contributed by atoms with van der Waals surface area (Å²) in [5, 5.41) is 0. The second-order valence-electron chi connectivity index (χ2n) is 4.69. The number of ether oxygens (including phenoxy) is 1. The van der Waals surface area contributed by atoms with E-state index in [-0.39, 0.29) is 6.10 Å². The SMILES string of the molecule is CC(Oc1ccc(CCCN)cc1)c1nccn1C. The Morgan fingerprint density at radius 1 is 1.32 bits per heavy atom. The number of nitrogens with zero attached hydrogens (tertiary/aromatic N) is 2. The summed E-state index contributed by atoms with van der Waals surface area (Å²) in [6.07, 6.45) is 5.68. The fourth-order valence-corrected chi connectivity index (χ4v) is 2.07. The van der Waals surface area contributed by atoms with Gasteiger partial charge in [-0.05, 0) is 44.0 Å². The molecule has 0 amide bonds. The molecule has 2 aromatic rings. The van der Waals surface area contributed by atoms with Crippen molar-refractivity contribution in [3.63, 3.8) is 0 Å². The maximum atomic E-state index is 5.89. The highest BCUT2D eigenvalue weighted by molar-refractivity contribution is 5.27. The molecule has 1 unspecified atom stereocenters. The quantitative estimate of drug-likeness (QED) is 0.867. The number of aryl methyl sites for hydroxylation is 2. The average Bonchev–Trinajstić information content (AvgIpc) is 2.84. The van der Waals surface area contributed by atoms with Gasteiger partial charge in [0.15, 0.2) is 6.10 Å². The van der Waals surface area contributed by atoms with Crippen molar-refractivity contribution in [1.82, 2.24) is 9.55 Å². The Morgan fingerprint density at radius 3 is 2.63 bits per heavy atom. The van der Waals surface area contributed by atoms with Crippen molar-refractivity contribution in [2.75, 3.05) is 6.54 Å². The lowest BCUT2D eigenvalue weighted by atomic mass is 10.1. The van der Waals surface area contributed by atoms with Gasteiger partial charge in [0.25, 0.3) is 0 Å². The first-order chi connectivity index (χ1) is 9.20. The first kappa shape index (κ1) is 13.6. The Bertz CT molecular complexity index is 504. The zero-order valence-corrected chi connectivity index (χ0v) is 11.5. The van der Waals surface area contributed by atoms with Crippen LogP contribution in [-0.4, -0.2) is 16.1 Å². The molecule has 0 aliphatic heterocycles. The summed E-state index contributed by atoms with van der Waals surface area (Å²) in [5.41, 5.74) is 6.80. The fourth-order valence-electron chi connectivity index (χ4n) is 2.07. The van der Waals surface area contributed by atoms with Crippen LogP contribution in [0.15, 0.2) is 36.7 Å². The van der Waals surface area contributed by atoms with Crippen LogP contribution in [0.2, 0.25) is 0 Å². The zero-order valence-electron chi connectivity index (χ0n) is 11.5. The maximum Gasteiger partial charge on any atom is 0.153 e. The van der Waals surface area contributed by atoms with Crippen LogP contribution in [0.25, 0.3) is 0 Å². The smallest absolute Gasteiger partial charge is 0.153 e. The molecule has 2 rings (SSSR count). The topological polar surface area (TPSA) is 53.1 Å². The van der Waals surface area contributed by atoms with Gasteiger partial charge in [0, 0.05) is 19.4 Å². The fraction of sp³-hybridized carbons (Fsp3) is 0.400. The van der Waals surface area contributed by atoms with Gasteiger partial charge in [0.1, 0.15) is 11.6 Å². The Labute approximate surface area is 114 Å². The molecule has 1 aromatic carbocycles. The van der Waals surface area contributed by atoms with Crippen LogP contribution in [0, 0.1) is 0 Å². The summed E-state index contributed by atoms with van der Waals surface area (Å²) < 4.78 is 7.86. The second kappa shape index (κ2) is 6.38. The minimum absolute atomic E-state index is 0.0603. The van der Waals surface area contributed by atoms with E-state index < -0.39 is 0 Å². The molecule has 1 aromatic heterocycles. The molecule has 19 heavy (non-hydrogen) atoms. The molecule has 0 fully saturated rings. The summed E-state index contributed by atoms with van der Waals surface area (Å²) >= 11 is 0. The highest BCUT2D eigenvalue weighted by atomic mass is 16.5. The third-order valence-electron chi connectivity index (χ3n) is 3.13. The Kier molecular flexibility index (Phi) is 4.58. The molecule has 1 heterocycles. The van der Waals surface area contributed by atoms with Gasteiger partial charge in [-0.2, -0.15) is 0 Å². The monoisotopic (exact) mass is 259 g/mol. The summed E-state index contributed by atoms with van der Waals surface area (Å²) in [5.74, 6) is 1.79. The average molecular weight is 259 g/mol. The van der Waals surface area contributed by atoms with E-state index in [1.807, 2.05) is 36.9 Å². The van der Waals surface area contributed by atoms with Gasteiger partial charge in [-0.15, -0.1) is 0 Å². The summed E-state index contributed by atoms with van der Waals surface area (Å²) in [4.78, 5) is 4.29. The number of nitrogens with two attached hydrogens (primary N) is 1. The van der Waals surface area contributed by atoms with Gasteiger partial charge in [-0.3, -0.25) is 0 Å². The summed E-state index contributed by atoms with van der Waals surface area (Å²) in [7, 11) is 1.97. The minimum atomic E-state index is -0.0603. The molecule has 0 aliphatic carbocycles. The van der Waals surface area contributed by atoms with E-state index in [0.29, 0.717) is 0 Å². The van der Waals surface area contributed by atoms with Crippen LogP contribution in [0.5, 0.6) is 5.75 Å². The number of rotatable bonds is 6. The molecular weight excluding hydrogens is 238 g/mol. The van der Waals surface area contributed by atoms with E-state index in [2.05, 4.69) is 17.1 Å². The van der Waals surface area contributed by atoms with Crippen LogP contribution < -0.4 is 10.5 Å². The number of aromatic nitrogens is 2. The van der Waals surface area contributed by atoms with E-state index >= 15 is 0 Å². The number of imidazole rings is 1. The summed E-state index contributed by atoms with van der Waals surface area (Å²) in [6, 6.07) is 8.20. The number of benzene rings is 1. The lowest BCUT2D eigenvalue weighted by molar-refractivity contribution is 0.212. The second-order valence-corrected chi connectivity index (χ2v) is 4.69. The van der Waals surface area contributed by atoms with Gasteiger partial charge in [0.05, 0.1) is 0 Å². The molecule has 0 aliphatic rings. The largest absolute Gasteiger partial charge is 0.483 e. The molecule has 0 spiro atoms. The molecule has 102 valence electrons. The molecule has 0 bridgehead atoms. The normalized spacial score (nSPS) is 12.4. The van der Waals surface area contributed by atoms with E-state index in [9.17, 15) is 0 Å². The van der Waals surface area contributed by atoms with Gasteiger partial charge < -0.3 is 15.0 Å². The van der Waals surface area contributed by atoms with E-state index in [4.69, 9.17) is 10.5 Å². The van der Waals surface area contributed by atoms with Crippen LogP contribution >= 0.6 is 0 Å². The van der Waals surface area contributed by atoms with E-state index in [1.165, 1.54) is 5.56 Å². The molecule has 0 saturated heterocycles. The van der Waals surface area contributed by atoms with Crippen LogP contribution in [0.3, 0.4) is 0 Å². The first-order valence-corrected chi connectivity index (χ1v) is 6.63. The molecule has 4 heteroatoms. The predicted octanol–water partition coefficient (Wildman–Crippen LogP) is 2.45. The van der Waals surface area contributed by atoms with Crippen molar-refractivity contribution in [3.05, 3.63) is 48.0 Å². The van der Waals surface area contributed by atoms with E-state index in [0.717, 1.165) is 31.0 Å². The standard InChI is InChI=1S/C15H21N3O/c1-12(15-17-10-11-18(15)2)19-14-7-5-13(6-8-14)4-3-9-16/h5-8,10-12H,3-4,9,16H2,1-2H3. The molecule has 0 saturated carbocycles. The molecular formula is C15H21N3O. The van der Waals surface area contributed by atoms with Crippen molar-refractivity contribution in [2.24, 2.45) is 12.8 Å². The lowest BCUT2D eigenvalue weighted by Crippen LogP contribution is -2.09. The summed E-state index contributed by atoms with van der Waals surface area (Å²) in [6.45, 7) is 2.74. The van der Waals surface area contributed by atoms with Gasteiger partial charge in [-0.1, -0.05) is 12.1 Å². The minimum Gasteiger partial charge on any atom is -0.483 e. The Hall–Kier alpha value is -1.81. The van der Waals surface area contributed by atoms with Crippen LogP contribution in [0.1, 0.15) is 30.8 Å². The molecule has 4 nitrogen and oxygen atoms in total. The number of hydrogen-bond acceptors (Lipinski definition) is 3. The Morgan fingerprint density at radius 2 is 2.05 bits per heavy atom. The van der Waals surface area contributed by atoms with E-state index in [1.54, 1.807) is 6.20 Å². The molecule has 1 atom stereocenters. The van der Waals surface area contributed by atoms with Gasteiger partial charge in [0.2, 0.25) is 0 Å². The van der Waals surface area contributed by atoms with Crippen molar-refractivity contribution in [2.45, 2.75) is 25.9 Å². The zero-order chi connectivity index (χ0) is 13.7. The van der Waals surface area contributed by atoms with Gasteiger partial charge in [-0.25, -0.2) is 4.98 Å². The van der Waals surface area contributed by atoms with Crippen LogP contribution in [-0.2, 0) is 13.5 Å². The Balaban J connectivity index is 1.97. The predicted molar refractivity (Wildman–Crippen MR) is 76.1 cm³/mol. The van der Waals surface area contributed by atoms with Crippen LogP contribution in [0.4, 0.5) is 0 Å². The maximum absolute atomic E-state index is 5.89. The highest BCUT2D eigenvalue weighted by Gasteiger charge is 2.11. The van der Waals surface area contributed by atoms with Crippen molar-refractivity contribution >= 4 is 0 Å². The highest BCUT2D eigenvalue weighted by Crippen LogP contribution is 2.21. The van der Waals surface area contributed by atoms with Crippen molar-refractivity contribution in [1.29, 1.82) is 0 Å². The number of hydrogen-bond donors (Lipinski definition) is 1. The third kappa shape index (κ3) is 3.58. The van der Waals surface area contributed by atoms with Gasteiger partial charge >= 0.3 is 0 Å². The third-order valence-corrected chi connectivity index (χ3v) is 3.13. The lowest BCUT2D eigenvalue weighted by Gasteiger charge is -2.14. The van der Waals surface area contributed by atoms with Crippen molar-refractivity contribution < 1.29 is 4.74 Å². The first-order valence-electron chi connectivity index (χ1n) is 6.63.